The van der Waals surface area contributed by atoms with Gasteiger partial charge in [-0.05, 0) is 32.5 Å². The molecule has 0 radical (unpaired) electrons. The number of hydrogen-bond donors (Lipinski definition) is 1. The lowest BCUT2D eigenvalue weighted by Crippen LogP contribution is -2.01. The van der Waals surface area contributed by atoms with Crippen LogP contribution in [0.5, 0.6) is 5.75 Å². The molecular formula is C13H17N3OS. The molecule has 1 heterocycles. The van der Waals surface area contributed by atoms with E-state index in [0.29, 0.717) is 13.2 Å². The van der Waals surface area contributed by atoms with Gasteiger partial charge in [-0.2, -0.15) is 0 Å². The Morgan fingerprint density at radius 2 is 2.17 bits per heavy atom. The van der Waals surface area contributed by atoms with Gasteiger partial charge in [-0.15, -0.1) is 10.2 Å². The molecule has 2 N–H and O–H groups in total. The molecule has 4 nitrogen and oxygen atoms in total. The van der Waals surface area contributed by atoms with E-state index in [0.717, 1.165) is 27.7 Å². The highest BCUT2D eigenvalue weighted by Crippen LogP contribution is 2.33. The van der Waals surface area contributed by atoms with E-state index in [2.05, 4.69) is 23.2 Å². The third-order valence-corrected chi connectivity index (χ3v) is 3.51. The molecule has 0 spiro atoms. The highest BCUT2D eigenvalue weighted by molar-refractivity contribution is 7.14. The molecule has 0 bridgehead atoms. The van der Waals surface area contributed by atoms with Crippen molar-refractivity contribution in [2.75, 3.05) is 13.2 Å². The van der Waals surface area contributed by atoms with Crippen molar-refractivity contribution in [3.05, 3.63) is 28.8 Å². The summed E-state index contributed by atoms with van der Waals surface area (Å²) in [4.78, 5) is 0. The van der Waals surface area contributed by atoms with Gasteiger partial charge < -0.3 is 10.5 Å². The molecule has 2 rings (SSSR count). The van der Waals surface area contributed by atoms with Gasteiger partial charge in [-0.1, -0.05) is 23.0 Å². The average Bonchev–Trinajstić information content (AvgIpc) is 2.81. The second-order valence-corrected chi connectivity index (χ2v) is 5.03. The molecule has 96 valence electrons. The minimum atomic E-state index is 0.598. The summed E-state index contributed by atoms with van der Waals surface area (Å²) in [6.45, 7) is 5.27. The molecule has 0 aliphatic carbocycles. The summed E-state index contributed by atoms with van der Waals surface area (Å²) in [7, 11) is 0. The average molecular weight is 263 g/mol. The van der Waals surface area contributed by atoms with Crippen LogP contribution in [0, 0.1) is 6.92 Å². The van der Waals surface area contributed by atoms with Crippen LogP contribution >= 0.6 is 11.3 Å². The molecule has 0 unspecified atom stereocenters. The van der Waals surface area contributed by atoms with Gasteiger partial charge in [-0.25, -0.2) is 0 Å². The summed E-state index contributed by atoms with van der Waals surface area (Å²) in [5.41, 5.74) is 7.72. The van der Waals surface area contributed by atoms with Gasteiger partial charge in [-0.3, -0.25) is 0 Å². The fraction of sp³-hybridized carbons (Fsp3) is 0.385. The van der Waals surface area contributed by atoms with E-state index in [9.17, 15) is 0 Å². The number of aryl methyl sites for hydroxylation is 1. The molecule has 18 heavy (non-hydrogen) atoms. The summed E-state index contributed by atoms with van der Waals surface area (Å²) < 4.78 is 5.63. The maximum Gasteiger partial charge on any atom is 0.151 e. The molecule has 0 aliphatic heterocycles. The van der Waals surface area contributed by atoms with Crippen molar-refractivity contribution < 1.29 is 4.74 Å². The van der Waals surface area contributed by atoms with Gasteiger partial charge in [0, 0.05) is 6.42 Å². The number of benzene rings is 1. The van der Waals surface area contributed by atoms with Crippen LogP contribution < -0.4 is 10.5 Å². The van der Waals surface area contributed by atoms with Crippen molar-refractivity contribution in [1.29, 1.82) is 0 Å². The summed E-state index contributed by atoms with van der Waals surface area (Å²) >= 11 is 1.58. The van der Waals surface area contributed by atoms with E-state index in [1.165, 1.54) is 5.56 Å². The van der Waals surface area contributed by atoms with Crippen molar-refractivity contribution in [1.82, 2.24) is 10.2 Å². The summed E-state index contributed by atoms with van der Waals surface area (Å²) in [6, 6.07) is 6.10. The Labute approximate surface area is 111 Å². The van der Waals surface area contributed by atoms with Crippen molar-refractivity contribution in [2.45, 2.75) is 20.3 Å². The van der Waals surface area contributed by atoms with Crippen molar-refractivity contribution in [3.8, 4) is 16.3 Å². The second kappa shape index (κ2) is 5.93. The standard InChI is InChI=1S/C13H17N3OS/c1-3-17-11-5-4-9(2)8-10(11)13-16-15-12(18-13)6-7-14/h4-5,8H,3,6-7,14H2,1-2H3. The third kappa shape index (κ3) is 2.86. The normalized spacial score (nSPS) is 10.6. The highest BCUT2D eigenvalue weighted by Gasteiger charge is 2.12. The summed E-state index contributed by atoms with van der Waals surface area (Å²) in [6.07, 6.45) is 0.771. The van der Waals surface area contributed by atoms with Gasteiger partial charge in [0.25, 0.3) is 0 Å². The Bertz CT molecular complexity index is 525. The minimum absolute atomic E-state index is 0.598. The molecule has 0 fully saturated rings. The quantitative estimate of drug-likeness (QED) is 0.900. The molecule has 1 aromatic heterocycles. The lowest BCUT2D eigenvalue weighted by atomic mass is 10.1. The molecule has 0 saturated carbocycles. The van der Waals surface area contributed by atoms with Crippen LogP contribution in [-0.4, -0.2) is 23.3 Å². The number of aromatic nitrogens is 2. The van der Waals surface area contributed by atoms with Gasteiger partial charge in [0.05, 0.1) is 12.2 Å². The third-order valence-electron chi connectivity index (χ3n) is 2.49. The van der Waals surface area contributed by atoms with Crippen molar-refractivity contribution in [2.24, 2.45) is 5.73 Å². The van der Waals surface area contributed by atoms with Crippen LogP contribution in [0.3, 0.4) is 0 Å². The SMILES string of the molecule is CCOc1ccc(C)cc1-c1nnc(CCN)s1. The Hall–Kier alpha value is -1.46. The van der Waals surface area contributed by atoms with Crippen LogP contribution in [-0.2, 0) is 6.42 Å². The fourth-order valence-corrected chi connectivity index (χ4v) is 2.56. The van der Waals surface area contributed by atoms with Gasteiger partial charge >= 0.3 is 0 Å². The highest BCUT2D eigenvalue weighted by atomic mass is 32.1. The van der Waals surface area contributed by atoms with Crippen LogP contribution in [0.2, 0.25) is 0 Å². The Kier molecular flexibility index (Phi) is 4.28. The van der Waals surface area contributed by atoms with Crippen molar-refractivity contribution >= 4 is 11.3 Å². The zero-order valence-corrected chi connectivity index (χ0v) is 11.5. The van der Waals surface area contributed by atoms with E-state index < -0.39 is 0 Å². The predicted octanol–water partition coefficient (Wildman–Crippen LogP) is 2.41. The Balaban J connectivity index is 2.37. The largest absolute Gasteiger partial charge is 0.493 e. The van der Waals surface area contributed by atoms with E-state index in [1.54, 1.807) is 11.3 Å². The minimum Gasteiger partial charge on any atom is -0.493 e. The summed E-state index contributed by atoms with van der Waals surface area (Å²) in [5.74, 6) is 0.860. The summed E-state index contributed by atoms with van der Waals surface area (Å²) in [5, 5.41) is 10.2. The van der Waals surface area contributed by atoms with E-state index in [4.69, 9.17) is 10.5 Å². The first kappa shape index (κ1) is 13.0. The first-order valence-electron chi connectivity index (χ1n) is 6.01. The zero-order chi connectivity index (χ0) is 13.0. The maximum absolute atomic E-state index is 5.63. The smallest absolute Gasteiger partial charge is 0.151 e. The number of nitrogens with zero attached hydrogens (tertiary/aromatic N) is 2. The number of nitrogens with two attached hydrogens (primary N) is 1. The zero-order valence-electron chi connectivity index (χ0n) is 10.6. The Morgan fingerprint density at radius 1 is 1.33 bits per heavy atom. The molecule has 0 amide bonds. The number of ether oxygens (including phenoxy) is 1. The van der Waals surface area contributed by atoms with E-state index in [-0.39, 0.29) is 0 Å². The second-order valence-electron chi connectivity index (χ2n) is 3.97. The van der Waals surface area contributed by atoms with Crippen LogP contribution in [0.4, 0.5) is 0 Å². The molecule has 1 aromatic carbocycles. The van der Waals surface area contributed by atoms with Crippen molar-refractivity contribution in [3.63, 3.8) is 0 Å². The predicted molar refractivity (Wildman–Crippen MR) is 74.0 cm³/mol. The first-order valence-corrected chi connectivity index (χ1v) is 6.82. The van der Waals surface area contributed by atoms with Gasteiger partial charge in [0.2, 0.25) is 0 Å². The number of rotatable bonds is 5. The molecule has 2 aromatic rings. The van der Waals surface area contributed by atoms with Crippen LogP contribution in [0.1, 0.15) is 17.5 Å². The van der Waals surface area contributed by atoms with Crippen LogP contribution in [0.25, 0.3) is 10.6 Å². The van der Waals surface area contributed by atoms with Gasteiger partial charge in [0.1, 0.15) is 10.8 Å². The molecule has 0 saturated heterocycles. The fourth-order valence-electron chi connectivity index (χ4n) is 1.68. The lowest BCUT2D eigenvalue weighted by molar-refractivity contribution is 0.341. The topological polar surface area (TPSA) is 61.0 Å². The van der Waals surface area contributed by atoms with E-state index in [1.807, 2.05) is 19.1 Å². The van der Waals surface area contributed by atoms with Gasteiger partial charge in [0.15, 0.2) is 5.01 Å². The molecule has 0 aliphatic rings. The Morgan fingerprint density at radius 3 is 2.89 bits per heavy atom. The maximum atomic E-state index is 5.63. The molecule has 0 atom stereocenters. The molecule has 5 heteroatoms. The number of hydrogen-bond acceptors (Lipinski definition) is 5. The van der Waals surface area contributed by atoms with Crippen LogP contribution in [0.15, 0.2) is 18.2 Å². The molecular weight excluding hydrogens is 246 g/mol. The lowest BCUT2D eigenvalue weighted by Gasteiger charge is -2.08. The first-order chi connectivity index (χ1) is 8.74. The van der Waals surface area contributed by atoms with E-state index >= 15 is 0 Å². The monoisotopic (exact) mass is 263 g/mol.